The molecule has 37 heavy (non-hydrogen) atoms. The van der Waals surface area contributed by atoms with E-state index in [1.807, 2.05) is 18.2 Å². The van der Waals surface area contributed by atoms with Crippen molar-refractivity contribution < 1.29 is 14.4 Å². The van der Waals surface area contributed by atoms with Crippen molar-refractivity contribution >= 4 is 44.7 Å². The van der Waals surface area contributed by atoms with Crippen LogP contribution in [-0.2, 0) is 6.42 Å². The molecule has 1 unspecified atom stereocenters. The van der Waals surface area contributed by atoms with Gasteiger partial charge in [-0.15, -0.1) is 0 Å². The van der Waals surface area contributed by atoms with Crippen LogP contribution in [0.2, 0.25) is 0 Å². The maximum Gasteiger partial charge on any atom is 0.271 e. The number of hydrogen-bond acceptors (Lipinski definition) is 6. The summed E-state index contributed by atoms with van der Waals surface area (Å²) in [5, 5.41) is 21.9. The quantitative estimate of drug-likeness (QED) is 0.278. The van der Waals surface area contributed by atoms with E-state index in [9.17, 15) is 24.4 Å². The fraction of sp³-hybridized carbons (Fsp3) is 0.111. The average molecular weight is 578 g/mol. The number of aromatic nitrogens is 1. The predicted molar refractivity (Wildman–Crippen MR) is 142 cm³/mol. The van der Waals surface area contributed by atoms with Gasteiger partial charge in [0.1, 0.15) is 11.6 Å². The first kappa shape index (κ1) is 23.5. The molecular weight excluding hydrogens is 561 g/mol. The maximum absolute atomic E-state index is 13.8. The number of benzene rings is 3. The molecule has 184 valence electrons. The molecule has 1 N–H and O–H groups in total. The van der Waals surface area contributed by atoms with Crippen molar-refractivity contribution in [3.63, 3.8) is 0 Å². The Balaban J connectivity index is 1.62. The van der Waals surface area contributed by atoms with Crippen molar-refractivity contribution in [3.8, 4) is 5.75 Å². The molecule has 0 saturated heterocycles. The minimum atomic E-state index is -0.566. The Hall–Kier alpha value is -3.89. The molecule has 2 heterocycles. The highest BCUT2D eigenvalue weighted by molar-refractivity contribution is 9.10. The largest absolute Gasteiger partial charge is 0.506 e. The van der Waals surface area contributed by atoms with Gasteiger partial charge >= 0.3 is 0 Å². The molecule has 1 aromatic heterocycles. The van der Waals surface area contributed by atoms with Gasteiger partial charge in [0.05, 0.1) is 25.7 Å². The van der Waals surface area contributed by atoms with E-state index in [2.05, 4.69) is 22.0 Å². The Kier molecular flexibility index (Phi) is 5.65. The summed E-state index contributed by atoms with van der Waals surface area (Å²) >= 11 is 4.29. The zero-order valence-electron chi connectivity index (χ0n) is 19.0. The Labute approximate surface area is 221 Å². The molecule has 0 amide bonds. The van der Waals surface area contributed by atoms with Gasteiger partial charge in [-0.1, -0.05) is 47.7 Å². The van der Waals surface area contributed by atoms with E-state index in [-0.39, 0.29) is 37.4 Å². The number of aryl methyl sites for hydroxylation is 1. The number of nitrogens with zero attached hydrogens (tertiary/aromatic N) is 3. The highest BCUT2D eigenvalue weighted by Gasteiger charge is 2.32. The first-order chi connectivity index (χ1) is 17.8. The molecule has 2 aliphatic rings. The van der Waals surface area contributed by atoms with Crippen molar-refractivity contribution in [3.05, 3.63) is 129 Å². The zero-order chi connectivity index (χ0) is 25.8. The van der Waals surface area contributed by atoms with E-state index in [4.69, 9.17) is 4.99 Å². The smallest absolute Gasteiger partial charge is 0.271 e. The number of phenols is 1. The van der Waals surface area contributed by atoms with E-state index in [1.54, 1.807) is 16.7 Å². The Morgan fingerprint density at radius 1 is 1.16 bits per heavy atom. The molecule has 0 saturated carbocycles. The first-order valence-electron chi connectivity index (χ1n) is 11.4. The van der Waals surface area contributed by atoms with Crippen LogP contribution < -0.4 is 14.9 Å². The monoisotopic (exact) mass is 577 g/mol. The minimum Gasteiger partial charge on any atom is -0.506 e. The summed E-state index contributed by atoms with van der Waals surface area (Å²) in [6.07, 6.45) is 2.93. The molecule has 4 aromatic rings. The molecule has 7 nitrogen and oxygen atoms in total. The van der Waals surface area contributed by atoms with Crippen LogP contribution in [0, 0.1) is 15.9 Å². The summed E-state index contributed by atoms with van der Waals surface area (Å²) in [4.78, 5) is 29.9. The van der Waals surface area contributed by atoms with Crippen LogP contribution >= 0.6 is 27.3 Å². The van der Waals surface area contributed by atoms with Crippen LogP contribution in [0.3, 0.4) is 0 Å². The maximum atomic E-state index is 13.8. The number of nitro groups is 1. The van der Waals surface area contributed by atoms with Gasteiger partial charge in [0.15, 0.2) is 4.80 Å². The molecule has 0 spiro atoms. The van der Waals surface area contributed by atoms with Gasteiger partial charge in [0.2, 0.25) is 0 Å². The molecular formula is C27H17BrFN3O4S. The lowest BCUT2D eigenvalue weighted by Gasteiger charge is -2.30. The van der Waals surface area contributed by atoms with Crippen LogP contribution in [0.4, 0.5) is 10.1 Å². The standard InChI is InChI=1S/C27H17BrFN3O4S/c28-21-13-18(32(35)36)11-16(25(21)33)12-22-26(34)31-24(15-5-8-17(29)9-6-15)20-10-7-14-3-1-2-4-19(14)23(20)30-27(31)37-22/h1-6,8-9,11-13,24,33H,7,10H2/b22-12-. The van der Waals surface area contributed by atoms with Crippen LogP contribution in [0.5, 0.6) is 5.75 Å². The number of rotatable bonds is 3. The molecule has 0 fully saturated rings. The van der Waals surface area contributed by atoms with Gasteiger partial charge in [-0.2, -0.15) is 0 Å². The SMILES string of the molecule is O=c1/c(=C/c2cc([N+](=O)[O-])cc(Br)c2O)sc2n1C(c1ccc(F)cc1)C1=C(N=2)c2ccccc2CC1. The van der Waals surface area contributed by atoms with Gasteiger partial charge in [0, 0.05) is 23.3 Å². The zero-order valence-corrected chi connectivity index (χ0v) is 21.4. The van der Waals surface area contributed by atoms with E-state index in [1.165, 1.54) is 35.9 Å². The third kappa shape index (κ3) is 3.93. The second-order valence-electron chi connectivity index (χ2n) is 8.79. The number of halogens is 2. The number of allylic oxidation sites excluding steroid dienone is 1. The second kappa shape index (κ2) is 8.89. The molecule has 0 radical (unpaired) electrons. The van der Waals surface area contributed by atoms with Crippen molar-refractivity contribution in [2.24, 2.45) is 4.99 Å². The highest BCUT2D eigenvalue weighted by atomic mass is 79.9. The second-order valence-corrected chi connectivity index (χ2v) is 10.7. The summed E-state index contributed by atoms with van der Waals surface area (Å²) < 4.78 is 15.8. The number of hydrogen-bond donors (Lipinski definition) is 1. The molecule has 3 aromatic carbocycles. The van der Waals surface area contributed by atoms with Crippen LogP contribution in [0.25, 0.3) is 11.8 Å². The number of aromatic hydroxyl groups is 1. The molecule has 10 heteroatoms. The Morgan fingerprint density at radius 2 is 1.92 bits per heavy atom. The molecule has 6 rings (SSSR count). The van der Waals surface area contributed by atoms with Crippen molar-refractivity contribution in [1.82, 2.24) is 4.57 Å². The van der Waals surface area contributed by atoms with Gasteiger partial charge < -0.3 is 5.11 Å². The predicted octanol–water partition coefficient (Wildman–Crippen LogP) is 4.83. The van der Waals surface area contributed by atoms with Crippen LogP contribution in [-0.4, -0.2) is 14.6 Å². The van der Waals surface area contributed by atoms with Crippen molar-refractivity contribution in [2.75, 3.05) is 0 Å². The van der Waals surface area contributed by atoms with Crippen molar-refractivity contribution in [1.29, 1.82) is 0 Å². The van der Waals surface area contributed by atoms with Crippen LogP contribution in [0.1, 0.15) is 34.7 Å². The van der Waals surface area contributed by atoms with E-state index in [0.717, 1.165) is 40.2 Å². The normalized spacial score (nSPS) is 16.6. The lowest BCUT2D eigenvalue weighted by molar-refractivity contribution is -0.385. The van der Waals surface area contributed by atoms with Gasteiger partial charge in [-0.25, -0.2) is 9.38 Å². The summed E-state index contributed by atoms with van der Waals surface area (Å²) in [5.74, 6) is -0.578. The summed E-state index contributed by atoms with van der Waals surface area (Å²) in [5.41, 5.74) is 4.30. The van der Waals surface area contributed by atoms with Gasteiger partial charge in [0.25, 0.3) is 11.2 Å². The third-order valence-corrected chi connectivity index (χ3v) is 8.22. The number of fused-ring (bicyclic) bond motifs is 3. The van der Waals surface area contributed by atoms with Crippen LogP contribution in [0.15, 0.2) is 80.5 Å². The first-order valence-corrected chi connectivity index (χ1v) is 13.0. The number of non-ortho nitro benzene ring substituents is 1. The number of phenolic OH excluding ortho intramolecular Hbond substituents is 1. The van der Waals surface area contributed by atoms with E-state index in [0.29, 0.717) is 11.2 Å². The van der Waals surface area contributed by atoms with E-state index >= 15 is 0 Å². The average Bonchev–Trinajstić information content (AvgIpc) is 3.20. The fourth-order valence-electron chi connectivity index (χ4n) is 4.93. The molecule has 1 aliphatic heterocycles. The van der Waals surface area contributed by atoms with Gasteiger partial charge in [-0.05, 0) is 63.7 Å². The minimum absolute atomic E-state index is 0.138. The Morgan fingerprint density at radius 3 is 2.68 bits per heavy atom. The molecule has 1 atom stereocenters. The molecule has 1 aliphatic carbocycles. The summed E-state index contributed by atoms with van der Waals surface area (Å²) in [6, 6.07) is 16.1. The Bertz CT molecular complexity index is 1830. The highest BCUT2D eigenvalue weighted by Crippen LogP contribution is 2.41. The molecule has 0 bridgehead atoms. The third-order valence-electron chi connectivity index (χ3n) is 6.63. The summed E-state index contributed by atoms with van der Waals surface area (Å²) in [7, 11) is 0. The number of thiazole rings is 1. The fourth-order valence-corrected chi connectivity index (χ4v) is 6.38. The lowest BCUT2D eigenvalue weighted by atomic mass is 9.83. The van der Waals surface area contributed by atoms with Gasteiger partial charge in [-0.3, -0.25) is 19.5 Å². The summed E-state index contributed by atoms with van der Waals surface area (Å²) in [6.45, 7) is 0. The van der Waals surface area contributed by atoms with E-state index < -0.39 is 11.0 Å². The lowest BCUT2D eigenvalue weighted by Crippen LogP contribution is -2.38. The topological polar surface area (TPSA) is 97.7 Å². The number of nitro benzene ring substituents is 1. The van der Waals surface area contributed by atoms with Crippen molar-refractivity contribution in [2.45, 2.75) is 18.9 Å².